The second kappa shape index (κ2) is 4.15. The van der Waals surface area contributed by atoms with Gasteiger partial charge in [0.1, 0.15) is 6.07 Å². The number of nitrogens with zero attached hydrogens (tertiary/aromatic N) is 4. The van der Waals surface area contributed by atoms with Crippen LogP contribution < -0.4 is 0 Å². The van der Waals surface area contributed by atoms with Gasteiger partial charge in [-0.2, -0.15) is 5.26 Å². The maximum absolute atomic E-state index is 9.01. The Morgan fingerprint density at radius 3 is 2.85 bits per heavy atom. The molecule has 0 radical (unpaired) electrons. The quantitative estimate of drug-likeness (QED) is 0.535. The fraction of sp³-hybridized carbons (Fsp3) is 0. The van der Waals surface area contributed by atoms with Gasteiger partial charge in [0.15, 0.2) is 11.5 Å². The van der Waals surface area contributed by atoms with E-state index in [9.17, 15) is 0 Å². The van der Waals surface area contributed by atoms with Crippen LogP contribution in [0.15, 0.2) is 48.7 Å². The van der Waals surface area contributed by atoms with Crippen LogP contribution in [0, 0.1) is 11.3 Å². The average molecular weight is 276 g/mol. The Balaban J connectivity index is 1.99. The molecule has 0 aliphatic carbocycles. The van der Waals surface area contributed by atoms with Gasteiger partial charge in [-0.1, -0.05) is 18.2 Å². The molecule has 4 aromatic rings. The van der Waals surface area contributed by atoms with Gasteiger partial charge in [-0.25, -0.2) is 0 Å². The van der Waals surface area contributed by atoms with E-state index in [1.54, 1.807) is 23.6 Å². The summed E-state index contributed by atoms with van der Waals surface area (Å²) in [6.07, 6.45) is 1.77. The fourth-order valence-corrected chi connectivity index (χ4v) is 3.26. The molecule has 4 nitrogen and oxygen atoms in total. The third-order valence-corrected chi connectivity index (χ3v) is 4.29. The van der Waals surface area contributed by atoms with Crippen LogP contribution in [0.25, 0.3) is 26.4 Å². The van der Waals surface area contributed by atoms with Crippen molar-refractivity contribution in [2.24, 2.45) is 0 Å². The van der Waals surface area contributed by atoms with E-state index in [4.69, 9.17) is 5.26 Å². The van der Waals surface area contributed by atoms with Gasteiger partial charge >= 0.3 is 0 Å². The number of aromatic nitrogens is 3. The predicted octanol–water partition coefficient (Wildman–Crippen LogP) is 3.48. The molecular weight excluding hydrogens is 268 g/mol. The molecule has 0 aliphatic rings. The number of benzene rings is 1. The Labute approximate surface area is 118 Å². The maximum atomic E-state index is 9.01. The van der Waals surface area contributed by atoms with Gasteiger partial charge in [0.05, 0.1) is 10.4 Å². The van der Waals surface area contributed by atoms with E-state index in [0.717, 1.165) is 16.3 Å². The number of rotatable bonds is 1. The minimum Gasteiger partial charge on any atom is -0.280 e. The third-order valence-electron chi connectivity index (χ3n) is 3.18. The number of thiophene rings is 1. The number of pyridine rings is 1. The lowest BCUT2D eigenvalue weighted by Gasteiger charge is -1.96. The number of hydrogen-bond donors (Lipinski definition) is 0. The molecule has 0 amide bonds. The summed E-state index contributed by atoms with van der Waals surface area (Å²) in [5.74, 6) is 0.776. The first kappa shape index (κ1) is 11.1. The highest BCUT2D eigenvalue weighted by Crippen LogP contribution is 2.32. The van der Waals surface area contributed by atoms with Crippen molar-refractivity contribution < 1.29 is 0 Å². The average Bonchev–Trinajstić information content (AvgIpc) is 3.09. The van der Waals surface area contributed by atoms with E-state index in [0.29, 0.717) is 5.56 Å². The molecule has 0 N–H and O–H groups in total. The second-order valence-electron chi connectivity index (χ2n) is 4.43. The van der Waals surface area contributed by atoms with Crippen molar-refractivity contribution in [3.63, 3.8) is 0 Å². The van der Waals surface area contributed by atoms with Gasteiger partial charge in [0.25, 0.3) is 0 Å². The van der Waals surface area contributed by atoms with Gasteiger partial charge in [-0.3, -0.25) is 4.40 Å². The molecule has 0 atom stereocenters. The molecule has 94 valence electrons. The van der Waals surface area contributed by atoms with Crippen LogP contribution in [0.5, 0.6) is 0 Å². The van der Waals surface area contributed by atoms with Gasteiger partial charge < -0.3 is 0 Å². The van der Waals surface area contributed by atoms with E-state index >= 15 is 0 Å². The fourth-order valence-electron chi connectivity index (χ4n) is 2.22. The van der Waals surface area contributed by atoms with Gasteiger partial charge in [-0.15, -0.1) is 21.5 Å². The molecule has 0 unspecified atom stereocenters. The molecule has 1 aromatic carbocycles. The summed E-state index contributed by atoms with van der Waals surface area (Å²) in [4.78, 5) is 1.05. The molecule has 20 heavy (non-hydrogen) atoms. The van der Waals surface area contributed by atoms with Crippen molar-refractivity contribution in [3.05, 3.63) is 54.2 Å². The lowest BCUT2D eigenvalue weighted by molar-refractivity contribution is 1.12. The van der Waals surface area contributed by atoms with Gasteiger partial charge in [-0.05, 0) is 29.7 Å². The molecular formula is C15H8N4S. The number of nitriles is 1. The van der Waals surface area contributed by atoms with E-state index in [1.807, 2.05) is 22.6 Å². The van der Waals surface area contributed by atoms with E-state index < -0.39 is 0 Å². The first-order valence-electron chi connectivity index (χ1n) is 6.09. The first-order valence-corrected chi connectivity index (χ1v) is 6.91. The Kier molecular flexibility index (Phi) is 2.31. The van der Waals surface area contributed by atoms with E-state index in [1.165, 1.54) is 10.1 Å². The maximum Gasteiger partial charge on any atom is 0.178 e. The Hall–Kier alpha value is -2.71. The van der Waals surface area contributed by atoms with Crippen molar-refractivity contribution in [1.29, 1.82) is 5.26 Å². The van der Waals surface area contributed by atoms with Crippen molar-refractivity contribution in [1.82, 2.24) is 14.6 Å². The summed E-state index contributed by atoms with van der Waals surface area (Å²) >= 11 is 1.68. The highest BCUT2D eigenvalue weighted by atomic mass is 32.1. The molecule has 0 spiro atoms. The van der Waals surface area contributed by atoms with Crippen LogP contribution in [-0.4, -0.2) is 14.6 Å². The van der Waals surface area contributed by atoms with Crippen LogP contribution in [0.1, 0.15) is 5.56 Å². The molecule has 3 heterocycles. The predicted molar refractivity (Wildman–Crippen MR) is 78.5 cm³/mol. The third kappa shape index (κ3) is 1.59. The lowest BCUT2D eigenvalue weighted by atomic mass is 10.2. The molecule has 5 heteroatoms. The second-order valence-corrected chi connectivity index (χ2v) is 5.51. The minimum absolute atomic E-state index is 0.597. The SMILES string of the molecule is N#Cc1ccc2nnc(-c3cc4ccccc4s3)n2c1. The highest BCUT2D eigenvalue weighted by Gasteiger charge is 2.11. The Morgan fingerprint density at radius 2 is 2.00 bits per heavy atom. The van der Waals surface area contributed by atoms with Crippen molar-refractivity contribution in [2.75, 3.05) is 0 Å². The van der Waals surface area contributed by atoms with Crippen molar-refractivity contribution in [2.45, 2.75) is 0 Å². The molecule has 3 aromatic heterocycles. The normalized spacial score (nSPS) is 10.9. The molecule has 0 bridgehead atoms. The van der Waals surface area contributed by atoms with Crippen LogP contribution in [0.4, 0.5) is 0 Å². The summed E-state index contributed by atoms with van der Waals surface area (Å²) in [5, 5.41) is 18.6. The monoisotopic (exact) mass is 276 g/mol. The van der Waals surface area contributed by atoms with Crippen molar-refractivity contribution >= 4 is 27.1 Å². The largest absolute Gasteiger partial charge is 0.280 e. The Morgan fingerprint density at radius 1 is 1.10 bits per heavy atom. The summed E-state index contributed by atoms with van der Waals surface area (Å²) in [6.45, 7) is 0. The first-order chi connectivity index (χ1) is 9.85. The molecule has 0 fully saturated rings. The summed E-state index contributed by atoms with van der Waals surface area (Å²) in [6, 6.07) is 16.0. The van der Waals surface area contributed by atoms with Gasteiger partial charge in [0, 0.05) is 10.9 Å². The lowest BCUT2D eigenvalue weighted by Crippen LogP contribution is -1.88. The number of hydrogen-bond acceptors (Lipinski definition) is 4. The standard InChI is InChI=1S/C15H8N4S/c16-8-10-5-6-14-17-18-15(19(14)9-10)13-7-11-3-1-2-4-12(11)20-13/h1-7,9H. The van der Waals surface area contributed by atoms with Crippen LogP contribution in [0.3, 0.4) is 0 Å². The summed E-state index contributed by atoms with van der Waals surface area (Å²) < 4.78 is 3.08. The zero-order valence-corrected chi connectivity index (χ0v) is 11.1. The Bertz CT molecular complexity index is 941. The van der Waals surface area contributed by atoms with Gasteiger partial charge in [0.2, 0.25) is 0 Å². The molecule has 4 rings (SSSR count). The highest BCUT2D eigenvalue weighted by molar-refractivity contribution is 7.22. The molecule has 0 aliphatic heterocycles. The molecule has 0 saturated heterocycles. The summed E-state index contributed by atoms with van der Waals surface area (Å²) in [7, 11) is 0. The van der Waals surface area contributed by atoms with E-state index in [2.05, 4.69) is 34.5 Å². The zero-order valence-electron chi connectivity index (χ0n) is 10.3. The topological polar surface area (TPSA) is 54.0 Å². The van der Waals surface area contributed by atoms with Crippen molar-refractivity contribution in [3.8, 4) is 16.8 Å². The van der Waals surface area contributed by atoms with Crippen LogP contribution >= 0.6 is 11.3 Å². The van der Waals surface area contributed by atoms with Crippen LogP contribution in [-0.2, 0) is 0 Å². The number of fused-ring (bicyclic) bond motifs is 2. The minimum atomic E-state index is 0.597. The van der Waals surface area contributed by atoms with Crippen LogP contribution in [0.2, 0.25) is 0 Å². The summed E-state index contributed by atoms with van der Waals surface area (Å²) in [5.41, 5.74) is 1.34. The molecule has 0 saturated carbocycles. The smallest absolute Gasteiger partial charge is 0.178 e. The van der Waals surface area contributed by atoms with E-state index in [-0.39, 0.29) is 0 Å². The zero-order chi connectivity index (χ0) is 13.5.